The fraction of sp³-hybridized carbons (Fsp3) is 0.292. The molecule has 0 radical (unpaired) electrons. The molecule has 0 atom stereocenters. The zero-order valence-electron chi connectivity index (χ0n) is 18.1. The Hall–Kier alpha value is -3.65. The number of hydrogen-bond donors (Lipinski definition) is 1. The average molecular weight is 434 g/mol. The average Bonchev–Trinajstić information content (AvgIpc) is 3.38. The molecule has 32 heavy (non-hydrogen) atoms. The van der Waals surface area contributed by atoms with E-state index >= 15 is 0 Å². The molecule has 166 valence electrons. The molecule has 8 heteroatoms. The quantitative estimate of drug-likeness (QED) is 0.620. The maximum Gasteiger partial charge on any atom is 0.256 e. The molecule has 0 aliphatic carbocycles. The third-order valence-corrected chi connectivity index (χ3v) is 5.42. The van der Waals surface area contributed by atoms with Gasteiger partial charge in [-0.25, -0.2) is 4.68 Å². The standard InChI is InChI=1S/C24H27N5O3/c1-2-27(24(31)21-6-3-4-7-22(21)29-13-5-12-25-29)18-23(30)26-19-8-10-20(11-9-19)28-14-16-32-17-15-28/h3-13H,2,14-18H2,1H3,(H,26,30). The Morgan fingerprint density at radius 2 is 1.81 bits per heavy atom. The molecule has 0 saturated carbocycles. The van der Waals surface area contributed by atoms with E-state index in [0.717, 1.165) is 32.0 Å². The lowest BCUT2D eigenvalue weighted by molar-refractivity contribution is -0.116. The summed E-state index contributed by atoms with van der Waals surface area (Å²) < 4.78 is 7.04. The van der Waals surface area contributed by atoms with Crippen LogP contribution in [-0.2, 0) is 9.53 Å². The number of likely N-dealkylation sites (N-methyl/N-ethyl adjacent to an activating group) is 1. The number of nitrogens with zero attached hydrogens (tertiary/aromatic N) is 4. The van der Waals surface area contributed by atoms with Crippen LogP contribution >= 0.6 is 0 Å². The Morgan fingerprint density at radius 1 is 1.06 bits per heavy atom. The van der Waals surface area contributed by atoms with Gasteiger partial charge < -0.3 is 19.9 Å². The van der Waals surface area contributed by atoms with Crippen molar-refractivity contribution in [2.75, 3.05) is 49.6 Å². The molecule has 4 rings (SSSR count). The van der Waals surface area contributed by atoms with Gasteiger partial charge in [-0.05, 0) is 49.4 Å². The maximum absolute atomic E-state index is 13.2. The van der Waals surface area contributed by atoms with Crippen molar-refractivity contribution in [1.29, 1.82) is 0 Å². The molecular formula is C24H27N5O3. The van der Waals surface area contributed by atoms with Crippen LogP contribution in [0.15, 0.2) is 67.0 Å². The second kappa shape index (κ2) is 10.1. The van der Waals surface area contributed by atoms with Gasteiger partial charge in [0.25, 0.3) is 5.91 Å². The van der Waals surface area contributed by atoms with Crippen molar-refractivity contribution in [2.24, 2.45) is 0 Å². The minimum absolute atomic E-state index is 0.0337. The summed E-state index contributed by atoms with van der Waals surface area (Å²) in [6.07, 6.45) is 3.45. The third kappa shape index (κ3) is 4.97. The summed E-state index contributed by atoms with van der Waals surface area (Å²) in [5.74, 6) is -0.452. The summed E-state index contributed by atoms with van der Waals surface area (Å²) in [5, 5.41) is 7.12. The number of nitrogens with one attached hydrogen (secondary N) is 1. The molecule has 1 N–H and O–H groups in total. The van der Waals surface area contributed by atoms with Gasteiger partial charge >= 0.3 is 0 Å². The van der Waals surface area contributed by atoms with Crippen LogP contribution in [0.25, 0.3) is 5.69 Å². The molecule has 1 aromatic heterocycles. The van der Waals surface area contributed by atoms with Crippen LogP contribution < -0.4 is 10.2 Å². The SMILES string of the molecule is CCN(CC(=O)Nc1ccc(N2CCOCC2)cc1)C(=O)c1ccccc1-n1cccn1. The molecule has 1 aliphatic heterocycles. The fourth-order valence-electron chi connectivity index (χ4n) is 3.71. The zero-order chi connectivity index (χ0) is 22.3. The van der Waals surface area contributed by atoms with E-state index in [0.29, 0.717) is 23.5 Å². The van der Waals surface area contributed by atoms with E-state index in [2.05, 4.69) is 15.3 Å². The first-order valence-electron chi connectivity index (χ1n) is 10.8. The molecule has 1 aliphatic rings. The molecule has 1 saturated heterocycles. The van der Waals surface area contributed by atoms with Gasteiger partial charge in [-0.2, -0.15) is 5.10 Å². The molecule has 8 nitrogen and oxygen atoms in total. The number of benzene rings is 2. The summed E-state index contributed by atoms with van der Waals surface area (Å²) >= 11 is 0. The number of amides is 2. The van der Waals surface area contributed by atoms with Crippen molar-refractivity contribution in [3.8, 4) is 5.69 Å². The van der Waals surface area contributed by atoms with Crippen LogP contribution in [0.1, 0.15) is 17.3 Å². The van der Waals surface area contributed by atoms with Gasteiger partial charge in [-0.1, -0.05) is 12.1 Å². The first kappa shape index (κ1) is 21.6. The number of anilines is 2. The van der Waals surface area contributed by atoms with E-state index in [1.54, 1.807) is 29.2 Å². The Labute approximate surface area is 187 Å². The second-order valence-corrected chi connectivity index (χ2v) is 7.48. The monoisotopic (exact) mass is 433 g/mol. The summed E-state index contributed by atoms with van der Waals surface area (Å²) in [4.78, 5) is 29.6. The number of morpholine rings is 1. The van der Waals surface area contributed by atoms with Gasteiger partial charge in [0, 0.05) is 43.4 Å². The highest BCUT2D eigenvalue weighted by molar-refractivity contribution is 6.01. The first-order valence-corrected chi connectivity index (χ1v) is 10.8. The molecule has 2 aromatic carbocycles. The van der Waals surface area contributed by atoms with Gasteiger partial charge in [0.05, 0.1) is 24.5 Å². The van der Waals surface area contributed by atoms with E-state index in [-0.39, 0.29) is 18.4 Å². The van der Waals surface area contributed by atoms with Crippen molar-refractivity contribution in [3.63, 3.8) is 0 Å². The van der Waals surface area contributed by atoms with Gasteiger partial charge in [0.15, 0.2) is 0 Å². The largest absolute Gasteiger partial charge is 0.378 e. The van der Waals surface area contributed by atoms with Gasteiger partial charge in [0.2, 0.25) is 5.91 Å². The highest BCUT2D eigenvalue weighted by atomic mass is 16.5. The second-order valence-electron chi connectivity index (χ2n) is 7.48. The third-order valence-electron chi connectivity index (χ3n) is 5.42. The Kier molecular flexibility index (Phi) is 6.81. The van der Waals surface area contributed by atoms with Crippen LogP contribution in [0.2, 0.25) is 0 Å². The number of para-hydroxylation sites is 1. The van der Waals surface area contributed by atoms with Gasteiger partial charge in [-0.15, -0.1) is 0 Å². The summed E-state index contributed by atoms with van der Waals surface area (Å²) in [7, 11) is 0. The van der Waals surface area contributed by atoms with Crippen molar-refractivity contribution < 1.29 is 14.3 Å². The molecule has 1 fully saturated rings. The number of aromatic nitrogens is 2. The van der Waals surface area contributed by atoms with Crippen LogP contribution in [0.5, 0.6) is 0 Å². The van der Waals surface area contributed by atoms with E-state index in [1.165, 1.54) is 4.90 Å². The van der Waals surface area contributed by atoms with Crippen LogP contribution in [0.4, 0.5) is 11.4 Å². The lowest BCUT2D eigenvalue weighted by Crippen LogP contribution is -2.38. The van der Waals surface area contributed by atoms with E-state index in [4.69, 9.17) is 4.74 Å². The van der Waals surface area contributed by atoms with Crippen LogP contribution in [-0.4, -0.2) is 65.9 Å². The molecular weight excluding hydrogens is 406 g/mol. The highest BCUT2D eigenvalue weighted by Crippen LogP contribution is 2.19. The Balaban J connectivity index is 1.40. The van der Waals surface area contributed by atoms with Crippen molar-refractivity contribution in [2.45, 2.75) is 6.92 Å². The molecule has 2 amide bonds. The summed E-state index contributed by atoms with van der Waals surface area (Å²) in [6.45, 7) is 5.41. The highest BCUT2D eigenvalue weighted by Gasteiger charge is 2.21. The van der Waals surface area contributed by atoms with E-state index in [9.17, 15) is 9.59 Å². The van der Waals surface area contributed by atoms with Crippen LogP contribution in [0.3, 0.4) is 0 Å². The normalized spacial score (nSPS) is 13.6. The van der Waals surface area contributed by atoms with E-state index in [1.807, 2.05) is 49.4 Å². The summed E-state index contributed by atoms with van der Waals surface area (Å²) in [6, 6.07) is 16.8. The molecule has 0 unspecified atom stereocenters. The molecule has 0 bridgehead atoms. The van der Waals surface area contributed by atoms with Crippen molar-refractivity contribution in [1.82, 2.24) is 14.7 Å². The Morgan fingerprint density at radius 3 is 2.50 bits per heavy atom. The molecule has 3 aromatic rings. The topological polar surface area (TPSA) is 79.7 Å². The summed E-state index contributed by atoms with van der Waals surface area (Å²) in [5.41, 5.74) is 2.99. The van der Waals surface area contributed by atoms with E-state index < -0.39 is 0 Å². The number of carbonyl (C=O) groups excluding carboxylic acids is 2. The predicted molar refractivity (Wildman–Crippen MR) is 123 cm³/mol. The molecule has 2 heterocycles. The zero-order valence-corrected chi connectivity index (χ0v) is 18.1. The number of rotatable bonds is 7. The van der Waals surface area contributed by atoms with Gasteiger partial charge in [-0.3, -0.25) is 9.59 Å². The minimum atomic E-state index is -0.240. The number of hydrogen-bond acceptors (Lipinski definition) is 5. The smallest absolute Gasteiger partial charge is 0.256 e. The first-order chi connectivity index (χ1) is 15.7. The van der Waals surface area contributed by atoms with Gasteiger partial charge in [0.1, 0.15) is 6.54 Å². The Bertz CT molecular complexity index is 1040. The van der Waals surface area contributed by atoms with Crippen molar-refractivity contribution >= 4 is 23.2 Å². The van der Waals surface area contributed by atoms with Crippen LogP contribution in [0, 0.1) is 0 Å². The number of carbonyl (C=O) groups is 2. The van der Waals surface area contributed by atoms with Crippen molar-refractivity contribution in [3.05, 3.63) is 72.6 Å². The minimum Gasteiger partial charge on any atom is -0.378 e. The maximum atomic E-state index is 13.2. The lowest BCUT2D eigenvalue weighted by atomic mass is 10.1. The lowest BCUT2D eigenvalue weighted by Gasteiger charge is -2.29. The number of ether oxygens (including phenoxy) is 1. The molecule has 0 spiro atoms. The fourth-order valence-corrected chi connectivity index (χ4v) is 3.71. The predicted octanol–water partition coefficient (Wildman–Crippen LogP) is 2.81.